The van der Waals surface area contributed by atoms with Gasteiger partial charge in [-0.1, -0.05) is 29.8 Å². The largest absolute Gasteiger partial charge is 0.455 e. The summed E-state index contributed by atoms with van der Waals surface area (Å²) in [6.45, 7) is 3.53. The summed E-state index contributed by atoms with van der Waals surface area (Å²) in [6, 6.07) is 12.0. The third-order valence-corrected chi connectivity index (χ3v) is 5.37. The average Bonchev–Trinajstić information content (AvgIpc) is 3.14. The lowest BCUT2D eigenvalue weighted by molar-refractivity contribution is -0.152. The number of hydrogen-bond donors (Lipinski definition) is 2. The Hall–Kier alpha value is -3.39. The van der Waals surface area contributed by atoms with Crippen molar-refractivity contribution in [3.05, 3.63) is 64.2 Å². The normalized spacial score (nSPS) is 15.5. The predicted octanol–water partition coefficient (Wildman–Crippen LogP) is 2.31. The lowest BCUT2D eigenvalue weighted by Crippen LogP contribution is -2.44. The highest BCUT2D eigenvalue weighted by Gasteiger charge is 2.36. The van der Waals surface area contributed by atoms with Crippen LogP contribution in [0.1, 0.15) is 27.9 Å². The van der Waals surface area contributed by atoms with Crippen LogP contribution in [0.2, 0.25) is 5.02 Å². The number of nitrogens with one attached hydrogen (secondary N) is 2. The monoisotopic (exact) mass is 443 g/mol. The molecule has 1 fully saturated rings. The third kappa shape index (κ3) is 5.40. The van der Waals surface area contributed by atoms with Crippen LogP contribution in [-0.4, -0.2) is 36.8 Å². The SMILES string of the molecule is Cc1ccc(N2C[C@@H](C(=O)OCC(=O)NNC(=O)c3ccccc3Cl)CC2=O)cc1C. The van der Waals surface area contributed by atoms with Gasteiger partial charge in [0, 0.05) is 18.7 Å². The van der Waals surface area contributed by atoms with E-state index in [0.717, 1.165) is 16.8 Å². The Morgan fingerprint density at radius 1 is 1.10 bits per heavy atom. The molecule has 162 valence electrons. The van der Waals surface area contributed by atoms with Gasteiger partial charge in [0.25, 0.3) is 11.8 Å². The summed E-state index contributed by atoms with van der Waals surface area (Å²) >= 11 is 5.92. The van der Waals surface area contributed by atoms with Crippen LogP contribution in [0.25, 0.3) is 0 Å². The third-order valence-electron chi connectivity index (χ3n) is 5.04. The minimum Gasteiger partial charge on any atom is -0.455 e. The van der Waals surface area contributed by atoms with E-state index >= 15 is 0 Å². The summed E-state index contributed by atoms with van der Waals surface area (Å²) in [6.07, 6.45) is 0.0105. The lowest BCUT2D eigenvalue weighted by atomic mass is 10.1. The first kappa shape index (κ1) is 22.3. The molecule has 2 N–H and O–H groups in total. The van der Waals surface area contributed by atoms with Gasteiger partial charge < -0.3 is 9.64 Å². The van der Waals surface area contributed by atoms with Crippen LogP contribution < -0.4 is 15.8 Å². The molecule has 3 amide bonds. The summed E-state index contributed by atoms with van der Waals surface area (Å²) in [5, 5.41) is 0.236. The number of carbonyl (C=O) groups is 4. The Balaban J connectivity index is 1.47. The highest BCUT2D eigenvalue weighted by atomic mass is 35.5. The fourth-order valence-corrected chi connectivity index (χ4v) is 3.36. The molecule has 0 bridgehead atoms. The minimum atomic E-state index is -0.718. The molecule has 0 unspecified atom stereocenters. The molecule has 0 saturated carbocycles. The summed E-state index contributed by atoms with van der Waals surface area (Å²) in [7, 11) is 0. The molecule has 8 nitrogen and oxygen atoms in total. The van der Waals surface area contributed by atoms with E-state index in [1.54, 1.807) is 23.1 Å². The van der Waals surface area contributed by atoms with Crippen molar-refractivity contribution in [1.29, 1.82) is 0 Å². The van der Waals surface area contributed by atoms with Crippen LogP contribution in [0.5, 0.6) is 0 Å². The summed E-state index contributed by atoms with van der Waals surface area (Å²) in [5.74, 6) is -2.81. The number of halogens is 1. The zero-order valence-electron chi connectivity index (χ0n) is 17.1. The molecule has 2 aromatic carbocycles. The second-order valence-corrected chi connectivity index (χ2v) is 7.67. The molecule has 1 aliphatic heterocycles. The van der Waals surface area contributed by atoms with E-state index in [-0.39, 0.29) is 29.5 Å². The molecular weight excluding hydrogens is 422 g/mol. The van der Waals surface area contributed by atoms with Gasteiger partial charge in [0.05, 0.1) is 16.5 Å². The smallest absolute Gasteiger partial charge is 0.311 e. The number of amides is 3. The fourth-order valence-electron chi connectivity index (χ4n) is 3.14. The van der Waals surface area contributed by atoms with Crippen molar-refractivity contribution in [2.24, 2.45) is 5.92 Å². The Bertz CT molecular complexity index is 1040. The fraction of sp³-hybridized carbons (Fsp3) is 0.273. The van der Waals surface area contributed by atoms with Gasteiger partial charge >= 0.3 is 5.97 Å². The van der Waals surface area contributed by atoms with Gasteiger partial charge in [-0.05, 0) is 49.2 Å². The van der Waals surface area contributed by atoms with Crippen LogP contribution in [-0.2, 0) is 19.1 Å². The average molecular weight is 444 g/mol. The van der Waals surface area contributed by atoms with E-state index in [1.165, 1.54) is 6.07 Å². The van der Waals surface area contributed by atoms with Crippen LogP contribution in [0.3, 0.4) is 0 Å². The van der Waals surface area contributed by atoms with Gasteiger partial charge in [-0.3, -0.25) is 30.0 Å². The molecule has 1 atom stereocenters. The van der Waals surface area contributed by atoms with Crippen molar-refractivity contribution in [2.45, 2.75) is 20.3 Å². The summed E-state index contributed by atoms with van der Waals surface area (Å²) in [5.41, 5.74) is 7.43. The van der Waals surface area contributed by atoms with E-state index in [1.807, 2.05) is 32.0 Å². The molecule has 0 radical (unpaired) electrons. The highest BCUT2D eigenvalue weighted by molar-refractivity contribution is 6.33. The number of ether oxygens (including phenoxy) is 1. The van der Waals surface area contributed by atoms with Gasteiger partial charge in [0.15, 0.2) is 6.61 Å². The van der Waals surface area contributed by atoms with Crippen molar-refractivity contribution in [2.75, 3.05) is 18.1 Å². The number of anilines is 1. The molecule has 1 aliphatic rings. The van der Waals surface area contributed by atoms with Crippen LogP contribution >= 0.6 is 11.6 Å². The Morgan fingerprint density at radius 3 is 2.55 bits per heavy atom. The first-order valence-electron chi connectivity index (χ1n) is 9.64. The number of esters is 1. The van der Waals surface area contributed by atoms with Gasteiger partial charge in [-0.2, -0.15) is 0 Å². The molecule has 0 aromatic heterocycles. The Labute approximate surface area is 184 Å². The molecule has 9 heteroatoms. The van der Waals surface area contributed by atoms with Crippen LogP contribution in [0.4, 0.5) is 5.69 Å². The number of hydrogen-bond acceptors (Lipinski definition) is 5. The van der Waals surface area contributed by atoms with Gasteiger partial charge in [-0.15, -0.1) is 0 Å². The van der Waals surface area contributed by atoms with Crippen molar-refractivity contribution >= 4 is 41.0 Å². The summed E-state index contributed by atoms with van der Waals surface area (Å²) in [4.78, 5) is 50.1. The first-order chi connectivity index (χ1) is 14.8. The van der Waals surface area contributed by atoms with E-state index in [0.29, 0.717) is 0 Å². The number of carbonyl (C=O) groups excluding carboxylic acids is 4. The molecule has 31 heavy (non-hydrogen) atoms. The second kappa shape index (κ2) is 9.61. The van der Waals surface area contributed by atoms with E-state index < -0.39 is 30.3 Å². The van der Waals surface area contributed by atoms with E-state index in [4.69, 9.17) is 16.3 Å². The summed E-state index contributed by atoms with van der Waals surface area (Å²) < 4.78 is 5.02. The second-order valence-electron chi connectivity index (χ2n) is 7.26. The molecule has 3 rings (SSSR count). The van der Waals surface area contributed by atoms with Crippen molar-refractivity contribution in [3.63, 3.8) is 0 Å². The highest BCUT2D eigenvalue weighted by Crippen LogP contribution is 2.27. The number of rotatable bonds is 5. The zero-order chi connectivity index (χ0) is 22.5. The van der Waals surface area contributed by atoms with Crippen molar-refractivity contribution < 1.29 is 23.9 Å². The number of hydrazine groups is 1. The van der Waals surface area contributed by atoms with Gasteiger partial charge in [-0.25, -0.2) is 0 Å². The number of benzene rings is 2. The Morgan fingerprint density at radius 2 is 1.84 bits per heavy atom. The maximum atomic E-state index is 12.3. The maximum Gasteiger partial charge on any atom is 0.311 e. The van der Waals surface area contributed by atoms with Crippen molar-refractivity contribution in [3.8, 4) is 0 Å². The molecule has 1 heterocycles. The molecule has 0 aliphatic carbocycles. The number of aryl methyl sites for hydroxylation is 2. The molecule has 2 aromatic rings. The van der Waals surface area contributed by atoms with Crippen LogP contribution in [0, 0.1) is 19.8 Å². The Kier molecular flexibility index (Phi) is 6.91. The van der Waals surface area contributed by atoms with Crippen LogP contribution in [0.15, 0.2) is 42.5 Å². The topological polar surface area (TPSA) is 105 Å². The minimum absolute atomic E-state index is 0.0105. The molecular formula is C22H22ClN3O5. The van der Waals surface area contributed by atoms with Crippen molar-refractivity contribution in [1.82, 2.24) is 10.9 Å². The maximum absolute atomic E-state index is 12.3. The predicted molar refractivity (Wildman–Crippen MR) is 114 cm³/mol. The number of nitrogens with zero attached hydrogens (tertiary/aromatic N) is 1. The first-order valence-corrected chi connectivity index (χ1v) is 10.0. The molecule has 0 spiro atoms. The van der Waals surface area contributed by atoms with E-state index in [9.17, 15) is 19.2 Å². The standard InChI is InChI=1S/C22H22ClN3O5/c1-13-7-8-16(9-14(13)2)26-11-15(10-20(26)28)22(30)31-12-19(27)24-25-21(29)17-5-3-4-6-18(17)23/h3-9,15H,10-12H2,1-2H3,(H,24,27)(H,25,29)/t15-/m0/s1. The zero-order valence-corrected chi connectivity index (χ0v) is 17.9. The quantitative estimate of drug-likeness (QED) is 0.545. The van der Waals surface area contributed by atoms with Gasteiger partial charge in [0.1, 0.15) is 0 Å². The lowest BCUT2D eigenvalue weighted by Gasteiger charge is -2.17. The van der Waals surface area contributed by atoms with E-state index in [2.05, 4.69) is 10.9 Å². The molecule has 1 saturated heterocycles. The van der Waals surface area contributed by atoms with Gasteiger partial charge in [0.2, 0.25) is 5.91 Å².